The van der Waals surface area contributed by atoms with Crippen molar-refractivity contribution >= 4 is 21.7 Å². The van der Waals surface area contributed by atoms with Gasteiger partial charge in [-0.2, -0.15) is 9.40 Å². The van der Waals surface area contributed by atoms with Gasteiger partial charge in [0.25, 0.3) is 0 Å². The Morgan fingerprint density at radius 1 is 0.949 bits per heavy atom. The predicted octanol–water partition coefficient (Wildman–Crippen LogP) is 6.18. The van der Waals surface area contributed by atoms with Crippen molar-refractivity contribution in [2.45, 2.75) is 57.9 Å². The van der Waals surface area contributed by atoms with Gasteiger partial charge in [0.05, 0.1) is 22.8 Å². The lowest BCUT2D eigenvalue weighted by molar-refractivity contribution is -0.116. The van der Waals surface area contributed by atoms with E-state index in [2.05, 4.69) is 26.1 Å². The molecule has 7 nitrogen and oxygen atoms in total. The van der Waals surface area contributed by atoms with Crippen molar-refractivity contribution in [3.8, 4) is 16.9 Å². The van der Waals surface area contributed by atoms with Crippen LogP contribution in [0.4, 0.5) is 5.82 Å². The molecule has 1 N–H and O–H groups in total. The summed E-state index contributed by atoms with van der Waals surface area (Å²) >= 11 is 0. The number of benzene rings is 3. The summed E-state index contributed by atoms with van der Waals surface area (Å²) in [4.78, 5) is 13.5. The predicted molar refractivity (Wildman–Crippen MR) is 157 cm³/mol. The largest absolute Gasteiger partial charge is 0.309 e. The monoisotopic (exact) mass is 544 g/mol. The van der Waals surface area contributed by atoms with Gasteiger partial charge in [-0.15, -0.1) is 0 Å². The number of amides is 1. The van der Waals surface area contributed by atoms with Gasteiger partial charge < -0.3 is 5.32 Å². The van der Waals surface area contributed by atoms with Gasteiger partial charge in [-0.25, -0.2) is 13.1 Å². The molecule has 0 atom stereocenters. The topological polar surface area (TPSA) is 84.3 Å². The van der Waals surface area contributed by atoms with Gasteiger partial charge in [-0.3, -0.25) is 4.79 Å². The van der Waals surface area contributed by atoms with Crippen molar-refractivity contribution < 1.29 is 13.2 Å². The van der Waals surface area contributed by atoms with Crippen LogP contribution in [0.2, 0.25) is 0 Å². The molecule has 0 saturated heterocycles. The van der Waals surface area contributed by atoms with Gasteiger partial charge in [0.15, 0.2) is 0 Å². The van der Waals surface area contributed by atoms with Crippen LogP contribution < -0.4 is 5.32 Å². The van der Waals surface area contributed by atoms with Gasteiger partial charge >= 0.3 is 0 Å². The summed E-state index contributed by atoms with van der Waals surface area (Å²) < 4.78 is 30.0. The third-order valence-corrected chi connectivity index (χ3v) is 8.56. The Bertz CT molecular complexity index is 1530. The van der Waals surface area contributed by atoms with E-state index in [-0.39, 0.29) is 16.9 Å². The first-order chi connectivity index (χ1) is 18.4. The minimum atomic E-state index is -3.90. The lowest BCUT2D eigenvalue weighted by Crippen LogP contribution is -2.42. The molecular formula is C31H36N4O3S. The highest BCUT2D eigenvalue weighted by Gasteiger charge is 2.30. The number of nitrogens with zero attached hydrogens (tertiary/aromatic N) is 3. The van der Waals surface area contributed by atoms with E-state index in [0.29, 0.717) is 11.5 Å². The van der Waals surface area contributed by atoms with E-state index >= 15 is 0 Å². The lowest BCUT2D eigenvalue weighted by atomic mass is 9.87. The maximum Gasteiger partial charge on any atom is 0.243 e. The molecule has 4 rings (SSSR count). The fourth-order valence-corrected chi connectivity index (χ4v) is 5.83. The Kier molecular flexibility index (Phi) is 8.09. The van der Waals surface area contributed by atoms with Crippen LogP contribution in [0.25, 0.3) is 16.9 Å². The van der Waals surface area contributed by atoms with Gasteiger partial charge in [0, 0.05) is 17.7 Å². The minimum Gasteiger partial charge on any atom is -0.309 e. The third-order valence-electron chi connectivity index (χ3n) is 6.53. The van der Waals surface area contributed by atoms with E-state index in [9.17, 15) is 13.2 Å². The van der Waals surface area contributed by atoms with E-state index < -0.39 is 22.0 Å². The number of rotatable bonds is 8. The van der Waals surface area contributed by atoms with Crippen LogP contribution in [0.5, 0.6) is 0 Å². The molecule has 0 aliphatic carbocycles. The number of anilines is 1. The maximum absolute atomic E-state index is 13.6. The van der Waals surface area contributed by atoms with Crippen molar-refractivity contribution in [1.82, 2.24) is 14.1 Å². The molecule has 1 heterocycles. The summed E-state index contributed by atoms with van der Waals surface area (Å²) in [5.74, 6) is 0.00444. The summed E-state index contributed by atoms with van der Waals surface area (Å²) in [6, 6.07) is 25.8. The number of hydrogen-bond acceptors (Lipinski definition) is 4. The zero-order chi connectivity index (χ0) is 28.4. The molecule has 204 valence electrons. The van der Waals surface area contributed by atoms with Crippen molar-refractivity contribution in [2.75, 3.05) is 11.9 Å². The average Bonchev–Trinajstić information content (AvgIpc) is 3.31. The quantitative estimate of drug-likeness (QED) is 0.287. The molecule has 39 heavy (non-hydrogen) atoms. The van der Waals surface area contributed by atoms with Crippen molar-refractivity contribution in [2.24, 2.45) is 0 Å². The summed E-state index contributed by atoms with van der Waals surface area (Å²) in [5.41, 5.74) is 4.42. The lowest BCUT2D eigenvalue weighted by Gasteiger charge is -2.26. The highest BCUT2D eigenvalue weighted by Crippen LogP contribution is 2.27. The van der Waals surface area contributed by atoms with Crippen LogP contribution in [0, 0.1) is 6.92 Å². The molecule has 0 radical (unpaired) electrons. The normalized spacial score (nSPS) is 12.2. The van der Waals surface area contributed by atoms with Crippen LogP contribution >= 0.6 is 0 Å². The Morgan fingerprint density at radius 3 is 2.13 bits per heavy atom. The molecule has 3 aromatic carbocycles. The van der Waals surface area contributed by atoms with Crippen LogP contribution in [0.15, 0.2) is 89.8 Å². The molecule has 1 amide bonds. The van der Waals surface area contributed by atoms with Gasteiger partial charge in [0.2, 0.25) is 15.9 Å². The van der Waals surface area contributed by atoms with Crippen LogP contribution in [0.3, 0.4) is 0 Å². The zero-order valence-electron chi connectivity index (χ0n) is 23.3. The Labute approximate surface area is 231 Å². The number of aryl methyl sites for hydroxylation is 1. The maximum atomic E-state index is 13.6. The number of sulfonamides is 1. The first kappa shape index (κ1) is 28.3. The van der Waals surface area contributed by atoms with Gasteiger partial charge in [-0.1, -0.05) is 80.9 Å². The first-order valence-corrected chi connectivity index (χ1v) is 14.4. The SMILES string of the molecule is Cc1ccc(-n2nc(-c3ccccc3)cc2NC(=O)CN(C(C)C)S(=O)(=O)c2ccc(C(C)(C)C)cc2)cc1. The van der Waals surface area contributed by atoms with Crippen molar-refractivity contribution in [3.63, 3.8) is 0 Å². The second-order valence-corrected chi connectivity index (χ2v) is 12.9. The van der Waals surface area contributed by atoms with E-state index in [1.54, 1.807) is 36.7 Å². The van der Waals surface area contributed by atoms with Crippen LogP contribution in [-0.2, 0) is 20.2 Å². The second-order valence-electron chi connectivity index (χ2n) is 11.0. The smallest absolute Gasteiger partial charge is 0.243 e. The van der Waals surface area contributed by atoms with Gasteiger partial charge in [0.1, 0.15) is 5.82 Å². The molecule has 8 heteroatoms. The molecule has 4 aromatic rings. The number of carbonyl (C=O) groups is 1. The second kappa shape index (κ2) is 11.2. The molecule has 0 unspecified atom stereocenters. The standard InChI is InChI=1S/C31H36N4O3S/c1-22(2)34(39(37,38)27-18-14-25(15-19-27)31(4,5)6)21-30(36)32-29-20-28(24-10-8-7-9-11-24)33-35(29)26-16-12-23(3)13-17-26/h7-20,22H,21H2,1-6H3,(H,32,36). The molecule has 1 aromatic heterocycles. The van der Waals surface area contributed by atoms with Crippen molar-refractivity contribution in [3.05, 3.63) is 96.1 Å². The van der Waals surface area contributed by atoms with Gasteiger partial charge in [-0.05, 0) is 56.0 Å². The summed E-state index contributed by atoms with van der Waals surface area (Å²) in [6.07, 6.45) is 0. The fourth-order valence-electron chi connectivity index (χ4n) is 4.23. The van der Waals surface area contributed by atoms with E-state index in [1.807, 2.05) is 73.7 Å². The van der Waals surface area contributed by atoms with Crippen LogP contribution in [-0.4, -0.2) is 41.0 Å². The highest BCUT2D eigenvalue weighted by molar-refractivity contribution is 7.89. The molecule has 0 aliphatic heterocycles. The molecule has 0 bridgehead atoms. The Balaban J connectivity index is 1.62. The number of carbonyl (C=O) groups excluding carboxylic acids is 1. The van der Waals surface area contributed by atoms with E-state index in [0.717, 1.165) is 22.4 Å². The third kappa shape index (κ3) is 6.46. The van der Waals surface area contributed by atoms with Crippen LogP contribution in [0.1, 0.15) is 45.7 Å². The summed E-state index contributed by atoms with van der Waals surface area (Å²) in [6.45, 7) is 11.4. The van der Waals surface area contributed by atoms with E-state index in [1.165, 1.54) is 4.31 Å². The number of aromatic nitrogens is 2. The first-order valence-electron chi connectivity index (χ1n) is 13.0. The number of nitrogens with one attached hydrogen (secondary N) is 1. The summed E-state index contributed by atoms with van der Waals surface area (Å²) in [7, 11) is -3.90. The molecule has 0 spiro atoms. The van der Waals surface area contributed by atoms with Crippen molar-refractivity contribution in [1.29, 1.82) is 0 Å². The Morgan fingerprint density at radius 2 is 1.56 bits per heavy atom. The molecular weight excluding hydrogens is 508 g/mol. The highest BCUT2D eigenvalue weighted by atomic mass is 32.2. The molecule has 0 saturated carbocycles. The zero-order valence-corrected chi connectivity index (χ0v) is 24.2. The fraction of sp³-hybridized carbons (Fsp3) is 0.290. The summed E-state index contributed by atoms with van der Waals surface area (Å²) in [5, 5.41) is 7.65. The number of hydrogen-bond donors (Lipinski definition) is 1. The molecule has 0 aliphatic rings. The minimum absolute atomic E-state index is 0.0983. The molecule has 0 fully saturated rings. The Hall–Kier alpha value is -3.75. The van der Waals surface area contributed by atoms with E-state index in [4.69, 9.17) is 5.10 Å². The average molecular weight is 545 g/mol.